The Hall–Kier alpha value is -1.06. The highest BCUT2D eigenvalue weighted by molar-refractivity contribution is 5.26. The second kappa shape index (κ2) is 8.54. The molecule has 0 N–H and O–H groups in total. The van der Waals surface area contributed by atoms with E-state index >= 15 is 0 Å². The Balaban J connectivity index is 1.74. The Labute approximate surface area is 135 Å². The molecule has 0 unspecified atom stereocenters. The Morgan fingerprint density at radius 1 is 1.14 bits per heavy atom. The lowest BCUT2D eigenvalue weighted by Crippen LogP contribution is -2.34. The second-order valence-electron chi connectivity index (χ2n) is 6.85. The van der Waals surface area contributed by atoms with Gasteiger partial charge >= 0.3 is 0 Å². The van der Waals surface area contributed by atoms with Crippen molar-refractivity contribution in [2.45, 2.75) is 52.7 Å². The number of methoxy groups -OCH3 is 1. The second-order valence-corrected chi connectivity index (χ2v) is 6.85. The largest absolute Gasteiger partial charge is 0.497 e. The van der Waals surface area contributed by atoms with E-state index in [4.69, 9.17) is 14.2 Å². The lowest BCUT2D eigenvalue weighted by Gasteiger charge is -2.37. The van der Waals surface area contributed by atoms with Gasteiger partial charge < -0.3 is 14.2 Å². The highest BCUT2D eigenvalue weighted by Gasteiger charge is 2.31. The summed E-state index contributed by atoms with van der Waals surface area (Å²) in [5, 5.41) is 0. The van der Waals surface area contributed by atoms with Gasteiger partial charge in [0.25, 0.3) is 0 Å². The number of rotatable bonds is 7. The molecule has 3 heteroatoms. The van der Waals surface area contributed by atoms with Crippen molar-refractivity contribution in [2.24, 2.45) is 17.8 Å². The van der Waals surface area contributed by atoms with Crippen LogP contribution in [0.3, 0.4) is 0 Å². The summed E-state index contributed by atoms with van der Waals surface area (Å²) in [5.74, 6) is 2.98. The minimum atomic E-state index is 0.347. The SMILES string of the molecule is COc1ccc(COCO[C@@H]2C[C@H](C)CC[C@H]2C(C)C)cc1. The molecular formula is C19H30O3. The Morgan fingerprint density at radius 3 is 2.50 bits per heavy atom. The first-order valence-corrected chi connectivity index (χ1v) is 8.42. The van der Waals surface area contributed by atoms with E-state index < -0.39 is 0 Å². The lowest BCUT2D eigenvalue weighted by atomic mass is 9.75. The van der Waals surface area contributed by atoms with Crippen LogP contribution in [-0.2, 0) is 16.1 Å². The van der Waals surface area contributed by atoms with Gasteiger partial charge in [0.2, 0.25) is 0 Å². The quantitative estimate of drug-likeness (QED) is 0.542. The molecule has 0 spiro atoms. The monoisotopic (exact) mass is 306 g/mol. The molecule has 0 heterocycles. The van der Waals surface area contributed by atoms with Crippen molar-refractivity contribution in [2.75, 3.05) is 13.9 Å². The minimum absolute atomic E-state index is 0.347. The molecular weight excluding hydrogens is 276 g/mol. The molecule has 0 amide bonds. The zero-order chi connectivity index (χ0) is 15.9. The van der Waals surface area contributed by atoms with E-state index in [-0.39, 0.29) is 0 Å². The smallest absolute Gasteiger partial charge is 0.147 e. The summed E-state index contributed by atoms with van der Waals surface area (Å²) in [6.07, 6.45) is 4.12. The Morgan fingerprint density at radius 2 is 1.86 bits per heavy atom. The zero-order valence-electron chi connectivity index (χ0n) is 14.4. The van der Waals surface area contributed by atoms with Gasteiger partial charge in [-0.3, -0.25) is 0 Å². The predicted molar refractivity (Wildman–Crippen MR) is 88.9 cm³/mol. The van der Waals surface area contributed by atoms with Crippen LogP contribution in [0.25, 0.3) is 0 Å². The Kier molecular flexibility index (Phi) is 6.71. The maximum absolute atomic E-state index is 6.05. The summed E-state index contributed by atoms with van der Waals surface area (Å²) >= 11 is 0. The van der Waals surface area contributed by atoms with Crippen LogP contribution < -0.4 is 4.74 Å². The molecule has 1 saturated carbocycles. The van der Waals surface area contributed by atoms with E-state index in [1.807, 2.05) is 24.3 Å². The predicted octanol–water partition coefficient (Wildman–Crippen LogP) is 4.65. The lowest BCUT2D eigenvalue weighted by molar-refractivity contribution is -0.132. The van der Waals surface area contributed by atoms with E-state index in [9.17, 15) is 0 Å². The maximum atomic E-state index is 6.05. The van der Waals surface area contributed by atoms with Crippen LogP contribution in [0.5, 0.6) is 5.75 Å². The molecule has 3 atom stereocenters. The molecule has 0 saturated heterocycles. The molecule has 0 aromatic heterocycles. The molecule has 0 aliphatic heterocycles. The number of hydrogen-bond acceptors (Lipinski definition) is 3. The summed E-state index contributed by atoms with van der Waals surface area (Å²) in [6.45, 7) is 7.89. The fourth-order valence-corrected chi connectivity index (χ4v) is 3.32. The van der Waals surface area contributed by atoms with E-state index in [0.29, 0.717) is 31.3 Å². The van der Waals surface area contributed by atoms with Gasteiger partial charge in [0, 0.05) is 0 Å². The van der Waals surface area contributed by atoms with Crippen molar-refractivity contribution in [3.63, 3.8) is 0 Å². The molecule has 1 aromatic rings. The topological polar surface area (TPSA) is 27.7 Å². The minimum Gasteiger partial charge on any atom is -0.497 e. The molecule has 0 bridgehead atoms. The third kappa shape index (κ3) is 4.99. The summed E-state index contributed by atoms with van der Waals surface area (Å²) in [4.78, 5) is 0. The molecule has 1 aliphatic rings. The first-order chi connectivity index (χ1) is 10.6. The molecule has 1 aromatic carbocycles. The first kappa shape index (κ1) is 17.3. The van der Waals surface area contributed by atoms with E-state index in [2.05, 4.69) is 20.8 Å². The van der Waals surface area contributed by atoms with Crippen molar-refractivity contribution in [1.82, 2.24) is 0 Å². The molecule has 3 nitrogen and oxygen atoms in total. The normalized spacial score (nSPS) is 25.4. The molecule has 22 heavy (non-hydrogen) atoms. The van der Waals surface area contributed by atoms with Crippen LogP contribution in [0.4, 0.5) is 0 Å². The molecule has 1 fully saturated rings. The van der Waals surface area contributed by atoms with Gasteiger partial charge in [-0.15, -0.1) is 0 Å². The van der Waals surface area contributed by atoms with Gasteiger partial charge in [-0.05, 0) is 48.3 Å². The molecule has 1 aliphatic carbocycles. The van der Waals surface area contributed by atoms with Crippen molar-refractivity contribution in [3.8, 4) is 5.75 Å². The van der Waals surface area contributed by atoms with Gasteiger partial charge in [-0.25, -0.2) is 0 Å². The number of hydrogen-bond donors (Lipinski definition) is 0. The van der Waals surface area contributed by atoms with Gasteiger partial charge in [0.05, 0.1) is 19.8 Å². The third-order valence-corrected chi connectivity index (χ3v) is 4.75. The highest BCUT2D eigenvalue weighted by atomic mass is 16.7. The van der Waals surface area contributed by atoms with Crippen molar-refractivity contribution in [1.29, 1.82) is 0 Å². The standard InChI is InChI=1S/C19H30O3/c1-14(2)18-10-5-15(3)11-19(18)22-13-21-12-16-6-8-17(20-4)9-7-16/h6-9,14-15,18-19H,5,10-13H2,1-4H3/t15-,18+,19-/m1/s1. The van der Waals surface area contributed by atoms with Gasteiger partial charge in [0.15, 0.2) is 0 Å². The van der Waals surface area contributed by atoms with Crippen LogP contribution in [0.15, 0.2) is 24.3 Å². The average Bonchev–Trinajstić information content (AvgIpc) is 2.52. The van der Waals surface area contributed by atoms with Gasteiger partial charge in [0.1, 0.15) is 12.5 Å². The third-order valence-electron chi connectivity index (χ3n) is 4.75. The molecule has 124 valence electrons. The molecule has 2 rings (SSSR count). The van der Waals surface area contributed by atoms with Crippen LogP contribution in [-0.4, -0.2) is 20.0 Å². The van der Waals surface area contributed by atoms with Crippen molar-refractivity contribution >= 4 is 0 Å². The van der Waals surface area contributed by atoms with Crippen LogP contribution >= 0.6 is 0 Å². The van der Waals surface area contributed by atoms with Crippen LogP contribution in [0.2, 0.25) is 0 Å². The fraction of sp³-hybridized carbons (Fsp3) is 0.684. The van der Waals surface area contributed by atoms with Gasteiger partial charge in [-0.2, -0.15) is 0 Å². The summed E-state index contributed by atoms with van der Waals surface area (Å²) in [6, 6.07) is 7.96. The van der Waals surface area contributed by atoms with Crippen LogP contribution in [0.1, 0.15) is 45.6 Å². The molecule has 0 radical (unpaired) electrons. The van der Waals surface area contributed by atoms with Crippen molar-refractivity contribution in [3.05, 3.63) is 29.8 Å². The van der Waals surface area contributed by atoms with E-state index in [1.54, 1.807) is 7.11 Å². The fourth-order valence-electron chi connectivity index (χ4n) is 3.32. The summed E-state index contributed by atoms with van der Waals surface area (Å²) < 4.78 is 16.9. The summed E-state index contributed by atoms with van der Waals surface area (Å²) in [7, 11) is 1.68. The number of ether oxygens (including phenoxy) is 3. The average molecular weight is 306 g/mol. The summed E-state index contributed by atoms with van der Waals surface area (Å²) in [5.41, 5.74) is 1.14. The van der Waals surface area contributed by atoms with E-state index in [0.717, 1.165) is 23.7 Å². The highest BCUT2D eigenvalue weighted by Crippen LogP contribution is 2.35. The Bertz CT molecular complexity index is 427. The zero-order valence-corrected chi connectivity index (χ0v) is 14.4. The van der Waals surface area contributed by atoms with E-state index in [1.165, 1.54) is 12.8 Å². The van der Waals surface area contributed by atoms with Crippen molar-refractivity contribution < 1.29 is 14.2 Å². The number of benzene rings is 1. The van der Waals surface area contributed by atoms with Crippen LogP contribution in [0, 0.1) is 17.8 Å². The maximum Gasteiger partial charge on any atom is 0.147 e. The van der Waals surface area contributed by atoms with Gasteiger partial charge in [-0.1, -0.05) is 39.3 Å². The first-order valence-electron chi connectivity index (χ1n) is 8.42.